The zero-order valence-electron chi connectivity index (χ0n) is 10.2. The van der Waals surface area contributed by atoms with Crippen LogP contribution in [0.25, 0.3) is 11.0 Å². The Morgan fingerprint density at radius 1 is 1.19 bits per heavy atom. The Kier molecular flexibility index (Phi) is 2.55. The molecule has 0 aliphatic heterocycles. The minimum absolute atomic E-state index is 0.135. The Labute approximate surface area is 95.9 Å². The Morgan fingerprint density at radius 3 is 2.44 bits per heavy atom. The lowest BCUT2D eigenvalue weighted by Crippen LogP contribution is -2.10. The van der Waals surface area contributed by atoms with E-state index in [1.165, 1.54) is 5.56 Å². The van der Waals surface area contributed by atoms with Crippen LogP contribution in [0.2, 0.25) is 0 Å². The monoisotopic (exact) mass is 218 g/mol. The number of furan rings is 1. The molecule has 0 aliphatic rings. The highest BCUT2D eigenvalue weighted by molar-refractivity contribution is 5.79. The van der Waals surface area contributed by atoms with Crippen molar-refractivity contribution in [1.82, 2.24) is 0 Å². The number of rotatable bonds is 1. The van der Waals surface area contributed by atoms with Gasteiger partial charge in [-0.2, -0.15) is 0 Å². The van der Waals surface area contributed by atoms with Gasteiger partial charge in [0.05, 0.1) is 0 Å². The average Bonchev–Trinajstić information content (AvgIpc) is 2.58. The van der Waals surface area contributed by atoms with Gasteiger partial charge in [0.15, 0.2) is 0 Å². The highest BCUT2D eigenvalue weighted by atomic mass is 16.4. The second-order valence-corrected chi connectivity index (χ2v) is 5.33. The van der Waals surface area contributed by atoms with Crippen molar-refractivity contribution in [1.29, 1.82) is 0 Å². The molecule has 2 rings (SSSR count). The number of benzene rings is 1. The van der Waals surface area contributed by atoms with Crippen molar-refractivity contribution in [3.8, 4) is 0 Å². The summed E-state index contributed by atoms with van der Waals surface area (Å²) in [5.74, 6) is 0.626. The van der Waals surface area contributed by atoms with Crippen LogP contribution in [-0.2, 0) is 5.41 Å². The molecule has 16 heavy (non-hydrogen) atoms. The van der Waals surface area contributed by atoms with Crippen LogP contribution in [0.5, 0.6) is 0 Å². The molecule has 1 heterocycles. The maximum Gasteiger partial charge on any atom is 0.134 e. The van der Waals surface area contributed by atoms with Gasteiger partial charge < -0.3 is 9.52 Å². The summed E-state index contributed by atoms with van der Waals surface area (Å²) >= 11 is 0. The van der Waals surface area contributed by atoms with Crippen molar-refractivity contribution in [2.24, 2.45) is 0 Å². The van der Waals surface area contributed by atoms with E-state index in [-0.39, 0.29) is 5.41 Å². The van der Waals surface area contributed by atoms with Gasteiger partial charge in [0.1, 0.15) is 17.4 Å². The van der Waals surface area contributed by atoms with E-state index in [0.29, 0.717) is 5.76 Å². The van der Waals surface area contributed by atoms with Crippen LogP contribution < -0.4 is 0 Å². The number of aliphatic hydroxyl groups excluding tert-OH is 1. The van der Waals surface area contributed by atoms with Crippen LogP contribution in [0.3, 0.4) is 0 Å². The first-order chi connectivity index (χ1) is 7.38. The van der Waals surface area contributed by atoms with E-state index in [1.54, 1.807) is 6.92 Å². The van der Waals surface area contributed by atoms with E-state index in [4.69, 9.17) is 4.42 Å². The Bertz CT molecular complexity index is 501. The van der Waals surface area contributed by atoms with E-state index in [2.05, 4.69) is 32.9 Å². The highest BCUT2D eigenvalue weighted by Gasteiger charge is 2.15. The fraction of sp³-hybridized carbons (Fsp3) is 0.429. The van der Waals surface area contributed by atoms with E-state index in [1.807, 2.05) is 12.1 Å². The fourth-order valence-corrected chi connectivity index (χ4v) is 1.74. The molecule has 0 saturated carbocycles. The molecule has 1 aromatic heterocycles. The van der Waals surface area contributed by atoms with Crippen LogP contribution in [0, 0.1) is 0 Å². The molecule has 1 aromatic carbocycles. The largest absolute Gasteiger partial charge is 0.458 e. The molecule has 1 N–H and O–H groups in total. The van der Waals surface area contributed by atoms with Crippen LogP contribution in [0.15, 0.2) is 28.7 Å². The van der Waals surface area contributed by atoms with Gasteiger partial charge in [0, 0.05) is 5.39 Å². The molecule has 0 aliphatic carbocycles. The summed E-state index contributed by atoms with van der Waals surface area (Å²) < 4.78 is 5.55. The van der Waals surface area contributed by atoms with Crippen molar-refractivity contribution in [3.63, 3.8) is 0 Å². The quantitative estimate of drug-likeness (QED) is 0.790. The van der Waals surface area contributed by atoms with Crippen molar-refractivity contribution < 1.29 is 9.52 Å². The van der Waals surface area contributed by atoms with Crippen molar-refractivity contribution in [2.45, 2.75) is 39.2 Å². The molecular formula is C14H18O2. The molecule has 0 spiro atoms. The van der Waals surface area contributed by atoms with Gasteiger partial charge in [-0.1, -0.05) is 26.8 Å². The fourth-order valence-electron chi connectivity index (χ4n) is 1.74. The molecular weight excluding hydrogens is 200 g/mol. The minimum atomic E-state index is -0.550. The minimum Gasteiger partial charge on any atom is -0.458 e. The van der Waals surface area contributed by atoms with E-state index in [9.17, 15) is 5.11 Å². The Hall–Kier alpha value is -1.28. The third kappa shape index (κ3) is 1.98. The lowest BCUT2D eigenvalue weighted by atomic mass is 9.86. The Morgan fingerprint density at radius 2 is 1.88 bits per heavy atom. The van der Waals surface area contributed by atoms with Gasteiger partial charge in [0.2, 0.25) is 0 Å². The lowest BCUT2D eigenvalue weighted by molar-refractivity contribution is 0.172. The number of hydrogen-bond donors (Lipinski definition) is 1. The first kappa shape index (κ1) is 11.2. The lowest BCUT2D eigenvalue weighted by Gasteiger charge is -2.18. The van der Waals surface area contributed by atoms with Crippen LogP contribution in [0.4, 0.5) is 0 Å². The van der Waals surface area contributed by atoms with Gasteiger partial charge in [-0.25, -0.2) is 0 Å². The number of fused-ring (bicyclic) bond motifs is 1. The summed E-state index contributed by atoms with van der Waals surface area (Å²) in [5, 5.41) is 10.5. The first-order valence-corrected chi connectivity index (χ1v) is 5.60. The van der Waals surface area contributed by atoms with Gasteiger partial charge in [-0.3, -0.25) is 0 Å². The SMILES string of the molecule is CC(O)c1cc2cc(C(C)(C)C)ccc2o1. The molecule has 0 bridgehead atoms. The summed E-state index contributed by atoms with van der Waals surface area (Å²) in [6.45, 7) is 8.26. The zero-order valence-corrected chi connectivity index (χ0v) is 10.2. The molecule has 2 heteroatoms. The van der Waals surface area contributed by atoms with E-state index >= 15 is 0 Å². The molecule has 2 nitrogen and oxygen atoms in total. The smallest absolute Gasteiger partial charge is 0.134 e. The van der Waals surface area contributed by atoms with Gasteiger partial charge >= 0.3 is 0 Å². The van der Waals surface area contributed by atoms with Crippen molar-refractivity contribution in [2.75, 3.05) is 0 Å². The molecule has 0 radical (unpaired) electrons. The van der Waals surface area contributed by atoms with Crippen molar-refractivity contribution in [3.05, 3.63) is 35.6 Å². The standard InChI is InChI=1S/C14H18O2/c1-9(15)13-8-10-7-11(14(2,3)4)5-6-12(10)16-13/h5-9,15H,1-4H3. The normalized spacial score (nSPS) is 14.3. The molecule has 0 amide bonds. The molecule has 2 aromatic rings. The summed E-state index contributed by atoms with van der Waals surface area (Å²) in [5.41, 5.74) is 2.25. The van der Waals surface area contributed by atoms with Crippen LogP contribution >= 0.6 is 0 Å². The predicted octanol–water partition coefficient (Wildman–Crippen LogP) is 3.78. The van der Waals surface area contributed by atoms with Gasteiger partial charge in [0.25, 0.3) is 0 Å². The van der Waals surface area contributed by atoms with Gasteiger partial charge in [-0.15, -0.1) is 0 Å². The maximum atomic E-state index is 9.46. The Balaban J connectivity index is 2.54. The average molecular weight is 218 g/mol. The number of aliphatic hydroxyl groups is 1. The second kappa shape index (κ2) is 3.63. The van der Waals surface area contributed by atoms with Crippen molar-refractivity contribution >= 4 is 11.0 Å². The zero-order chi connectivity index (χ0) is 11.9. The number of hydrogen-bond acceptors (Lipinski definition) is 2. The molecule has 0 fully saturated rings. The summed E-state index contributed by atoms with van der Waals surface area (Å²) in [7, 11) is 0. The summed E-state index contributed by atoms with van der Waals surface area (Å²) in [6.07, 6.45) is -0.550. The van der Waals surface area contributed by atoms with Crippen LogP contribution in [-0.4, -0.2) is 5.11 Å². The summed E-state index contributed by atoms with van der Waals surface area (Å²) in [4.78, 5) is 0. The third-order valence-corrected chi connectivity index (χ3v) is 2.81. The van der Waals surface area contributed by atoms with Crippen LogP contribution in [0.1, 0.15) is 45.1 Å². The third-order valence-electron chi connectivity index (χ3n) is 2.81. The van der Waals surface area contributed by atoms with E-state index in [0.717, 1.165) is 11.0 Å². The summed E-state index contributed by atoms with van der Waals surface area (Å²) in [6, 6.07) is 8.10. The maximum absolute atomic E-state index is 9.46. The second-order valence-electron chi connectivity index (χ2n) is 5.33. The topological polar surface area (TPSA) is 33.4 Å². The first-order valence-electron chi connectivity index (χ1n) is 5.60. The highest BCUT2D eigenvalue weighted by Crippen LogP contribution is 2.29. The molecule has 1 atom stereocenters. The predicted molar refractivity (Wildman–Crippen MR) is 65.5 cm³/mol. The molecule has 0 saturated heterocycles. The van der Waals surface area contributed by atoms with Gasteiger partial charge in [-0.05, 0) is 36.1 Å². The van der Waals surface area contributed by atoms with E-state index < -0.39 is 6.10 Å². The molecule has 86 valence electrons. The molecule has 1 unspecified atom stereocenters.